The van der Waals surface area contributed by atoms with Gasteiger partial charge in [-0.05, 0) is 18.5 Å². The van der Waals surface area contributed by atoms with Crippen molar-refractivity contribution in [3.05, 3.63) is 30.6 Å². The molecule has 0 aromatic carbocycles. The number of alkyl carbamates (subject to hydrolysis) is 1. The van der Waals surface area contributed by atoms with Crippen LogP contribution in [0.25, 0.3) is 0 Å². The van der Waals surface area contributed by atoms with Gasteiger partial charge in [-0.2, -0.15) is 0 Å². The van der Waals surface area contributed by atoms with Gasteiger partial charge in [0.2, 0.25) is 0 Å². The summed E-state index contributed by atoms with van der Waals surface area (Å²) in [6.45, 7) is 3.64. The second kappa shape index (κ2) is 10.3. The molecule has 22 heavy (non-hydrogen) atoms. The fourth-order valence-corrected chi connectivity index (χ4v) is 4.40. The van der Waals surface area contributed by atoms with Crippen LogP contribution in [0.4, 0.5) is 4.79 Å². The third-order valence-corrected chi connectivity index (χ3v) is 7.33. The van der Waals surface area contributed by atoms with Crippen molar-refractivity contribution in [3.63, 3.8) is 0 Å². The first-order chi connectivity index (χ1) is 10.7. The molecule has 1 N–H and O–H groups in total. The zero-order chi connectivity index (χ0) is 16.3. The Balaban J connectivity index is 2.13. The SMILES string of the molecule is CC[Si](CCCNC(=O)OCC[n+]1ccccc1)(OC)OC. The number of amides is 1. The largest absolute Gasteiger partial charge is 0.443 e. The van der Waals surface area contributed by atoms with E-state index < -0.39 is 8.56 Å². The quantitative estimate of drug-likeness (QED) is 0.405. The Hall–Kier alpha value is -1.44. The molecule has 0 bridgehead atoms. The minimum absolute atomic E-state index is 0.351. The van der Waals surface area contributed by atoms with Gasteiger partial charge in [-0.15, -0.1) is 0 Å². The highest BCUT2D eigenvalue weighted by Crippen LogP contribution is 2.18. The van der Waals surface area contributed by atoms with E-state index in [1.807, 2.05) is 35.2 Å². The molecule has 0 saturated carbocycles. The van der Waals surface area contributed by atoms with Crippen LogP contribution in [0.3, 0.4) is 0 Å². The van der Waals surface area contributed by atoms with E-state index in [-0.39, 0.29) is 6.09 Å². The fraction of sp³-hybridized carbons (Fsp3) is 0.600. The molecule has 0 aliphatic carbocycles. The molecule has 0 aliphatic heterocycles. The third kappa shape index (κ3) is 6.55. The van der Waals surface area contributed by atoms with E-state index in [9.17, 15) is 4.79 Å². The smallest absolute Gasteiger partial charge is 0.407 e. The highest BCUT2D eigenvalue weighted by molar-refractivity contribution is 6.67. The number of rotatable bonds is 10. The Kier molecular flexibility index (Phi) is 8.72. The van der Waals surface area contributed by atoms with Crippen LogP contribution in [0.2, 0.25) is 12.1 Å². The minimum Gasteiger partial charge on any atom is -0.443 e. The van der Waals surface area contributed by atoms with Crippen LogP contribution in [-0.2, 0) is 20.1 Å². The number of carbonyl (C=O) groups is 1. The van der Waals surface area contributed by atoms with E-state index in [4.69, 9.17) is 13.6 Å². The van der Waals surface area contributed by atoms with Crippen LogP contribution in [-0.4, -0.2) is 42.0 Å². The van der Waals surface area contributed by atoms with Crippen LogP contribution in [0.15, 0.2) is 30.6 Å². The molecular weight excluding hydrogens is 300 g/mol. The van der Waals surface area contributed by atoms with Gasteiger partial charge in [-0.1, -0.05) is 13.0 Å². The molecule has 0 saturated heterocycles. The van der Waals surface area contributed by atoms with Crippen molar-refractivity contribution in [2.45, 2.75) is 32.0 Å². The number of aromatic nitrogens is 1. The van der Waals surface area contributed by atoms with Gasteiger partial charge >= 0.3 is 14.7 Å². The summed E-state index contributed by atoms with van der Waals surface area (Å²) >= 11 is 0. The summed E-state index contributed by atoms with van der Waals surface area (Å²) in [5.41, 5.74) is 0. The number of ether oxygens (including phenoxy) is 1. The number of pyridine rings is 1. The lowest BCUT2D eigenvalue weighted by atomic mass is 10.5. The molecule has 0 aliphatic rings. The van der Waals surface area contributed by atoms with Gasteiger partial charge < -0.3 is 18.9 Å². The lowest BCUT2D eigenvalue weighted by Crippen LogP contribution is -2.40. The van der Waals surface area contributed by atoms with Crippen molar-refractivity contribution < 1.29 is 23.0 Å². The number of nitrogens with one attached hydrogen (secondary N) is 1. The number of carbonyl (C=O) groups excluding carboxylic acids is 1. The average Bonchev–Trinajstić information content (AvgIpc) is 2.57. The first-order valence-corrected chi connectivity index (χ1v) is 9.84. The van der Waals surface area contributed by atoms with Gasteiger partial charge in [0.05, 0.1) is 0 Å². The standard InChI is InChI=1S/C15H26N2O4Si/c1-4-22(19-2,20-3)14-8-9-16-15(18)21-13-12-17-10-6-5-7-11-17/h5-7,10-11H,4,8-9,12-14H2,1-3H3/p+1. The van der Waals surface area contributed by atoms with Gasteiger partial charge in [0.1, 0.15) is 0 Å². The van der Waals surface area contributed by atoms with Crippen molar-refractivity contribution in [1.29, 1.82) is 0 Å². The van der Waals surface area contributed by atoms with Gasteiger partial charge in [0.15, 0.2) is 25.5 Å². The summed E-state index contributed by atoms with van der Waals surface area (Å²) in [7, 11) is 1.34. The molecule has 0 unspecified atom stereocenters. The van der Waals surface area contributed by atoms with Gasteiger partial charge in [0, 0.05) is 32.9 Å². The van der Waals surface area contributed by atoms with Crippen molar-refractivity contribution in [3.8, 4) is 0 Å². The topological polar surface area (TPSA) is 60.7 Å². The second-order valence-corrected chi connectivity index (χ2v) is 8.80. The molecule has 0 atom stereocenters. The van der Waals surface area contributed by atoms with Crippen LogP contribution < -0.4 is 9.88 Å². The Morgan fingerprint density at radius 2 is 1.86 bits per heavy atom. The number of hydrogen-bond donors (Lipinski definition) is 1. The molecule has 0 fully saturated rings. The number of nitrogens with zero attached hydrogens (tertiary/aromatic N) is 1. The van der Waals surface area contributed by atoms with E-state index in [2.05, 4.69) is 12.2 Å². The Bertz CT molecular complexity index is 419. The minimum atomic E-state index is -2.05. The maximum atomic E-state index is 11.6. The molecule has 1 rings (SSSR count). The van der Waals surface area contributed by atoms with Crippen molar-refractivity contribution in [2.24, 2.45) is 0 Å². The predicted molar refractivity (Wildman–Crippen MR) is 85.7 cm³/mol. The molecule has 1 aromatic heterocycles. The molecule has 0 radical (unpaired) electrons. The Morgan fingerprint density at radius 3 is 2.45 bits per heavy atom. The highest BCUT2D eigenvalue weighted by Gasteiger charge is 2.32. The fourth-order valence-electron chi connectivity index (χ4n) is 2.18. The molecule has 1 aromatic rings. The van der Waals surface area contributed by atoms with Crippen molar-refractivity contribution in [1.82, 2.24) is 5.32 Å². The van der Waals surface area contributed by atoms with E-state index in [1.165, 1.54) is 0 Å². The second-order valence-electron chi connectivity index (χ2n) is 4.95. The molecule has 1 amide bonds. The Morgan fingerprint density at radius 1 is 1.18 bits per heavy atom. The van der Waals surface area contributed by atoms with Crippen LogP contribution in [0, 0.1) is 0 Å². The average molecular weight is 327 g/mol. The summed E-state index contributed by atoms with van der Waals surface area (Å²) in [6, 6.07) is 7.59. The number of hydrogen-bond acceptors (Lipinski definition) is 4. The summed E-state index contributed by atoms with van der Waals surface area (Å²) in [5.74, 6) is 0. The molecule has 6 nitrogen and oxygen atoms in total. The van der Waals surface area contributed by atoms with Crippen LogP contribution in [0.5, 0.6) is 0 Å². The summed E-state index contributed by atoms with van der Waals surface area (Å²) in [4.78, 5) is 11.6. The molecule has 1 heterocycles. The maximum Gasteiger partial charge on any atom is 0.407 e. The first kappa shape index (κ1) is 18.6. The monoisotopic (exact) mass is 327 g/mol. The van der Waals surface area contributed by atoms with E-state index in [0.29, 0.717) is 19.7 Å². The van der Waals surface area contributed by atoms with Gasteiger partial charge in [-0.3, -0.25) is 0 Å². The van der Waals surface area contributed by atoms with E-state index in [1.54, 1.807) is 14.2 Å². The summed E-state index contributed by atoms with van der Waals surface area (Å²) < 4.78 is 18.2. The van der Waals surface area contributed by atoms with E-state index >= 15 is 0 Å². The van der Waals surface area contributed by atoms with Crippen LogP contribution >= 0.6 is 0 Å². The lowest BCUT2D eigenvalue weighted by Gasteiger charge is -2.25. The van der Waals surface area contributed by atoms with Crippen molar-refractivity contribution >= 4 is 14.7 Å². The third-order valence-electron chi connectivity index (χ3n) is 3.65. The predicted octanol–water partition coefficient (Wildman–Crippen LogP) is 1.85. The molecule has 7 heteroatoms. The Labute approximate surface area is 133 Å². The van der Waals surface area contributed by atoms with E-state index in [0.717, 1.165) is 18.5 Å². The van der Waals surface area contributed by atoms with Gasteiger partial charge in [-0.25, -0.2) is 9.36 Å². The summed E-state index contributed by atoms with van der Waals surface area (Å²) in [6.07, 6.45) is 4.32. The lowest BCUT2D eigenvalue weighted by molar-refractivity contribution is -0.697. The zero-order valence-corrected chi connectivity index (χ0v) is 14.7. The molecular formula is C15H27N2O4Si+. The molecule has 0 spiro atoms. The molecule has 124 valence electrons. The summed E-state index contributed by atoms with van der Waals surface area (Å²) in [5, 5.41) is 2.75. The highest BCUT2D eigenvalue weighted by atomic mass is 28.4. The van der Waals surface area contributed by atoms with Gasteiger partial charge in [0.25, 0.3) is 0 Å². The zero-order valence-electron chi connectivity index (χ0n) is 13.7. The van der Waals surface area contributed by atoms with Crippen LogP contribution in [0.1, 0.15) is 13.3 Å². The normalized spacial score (nSPS) is 11.2. The maximum absolute atomic E-state index is 11.6. The first-order valence-electron chi connectivity index (χ1n) is 7.61. The van der Waals surface area contributed by atoms with Crippen molar-refractivity contribution in [2.75, 3.05) is 27.4 Å².